The lowest BCUT2D eigenvalue weighted by atomic mass is 10.2. The van der Waals surface area contributed by atoms with Gasteiger partial charge in [0, 0.05) is 33.7 Å². The normalized spacial score (nSPS) is 11.6. The van der Waals surface area contributed by atoms with E-state index in [0.29, 0.717) is 12.6 Å². The fourth-order valence-corrected chi connectivity index (χ4v) is 2.67. The summed E-state index contributed by atoms with van der Waals surface area (Å²) in [6.45, 7) is 7.86. The summed E-state index contributed by atoms with van der Waals surface area (Å²) in [7, 11) is 0. The van der Waals surface area contributed by atoms with Crippen LogP contribution in [0.15, 0.2) is 28.7 Å². The summed E-state index contributed by atoms with van der Waals surface area (Å²) in [4.78, 5) is 0. The van der Waals surface area contributed by atoms with Crippen LogP contribution in [0.2, 0.25) is 0 Å². The van der Waals surface area contributed by atoms with Crippen molar-refractivity contribution in [2.24, 2.45) is 0 Å². The molecule has 3 heteroatoms. The van der Waals surface area contributed by atoms with E-state index in [-0.39, 0.29) is 0 Å². The maximum Gasteiger partial charge on any atom is 0.0868 e. The first kappa shape index (κ1) is 12.7. The van der Waals surface area contributed by atoms with Gasteiger partial charge in [0.25, 0.3) is 0 Å². The molecule has 2 nitrogen and oxygen atoms in total. The van der Waals surface area contributed by atoms with Gasteiger partial charge in [0.2, 0.25) is 0 Å². The second-order valence-corrected chi connectivity index (χ2v) is 5.26. The zero-order valence-corrected chi connectivity index (χ0v) is 12.1. The van der Waals surface area contributed by atoms with E-state index in [2.05, 4.69) is 58.6 Å². The van der Waals surface area contributed by atoms with Crippen molar-refractivity contribution in [3.63, 3.8) is 0 Å². The fourth-order valence-electron chi connectivity index (χ4n) is 2.20. The van der Waals surface area contributed by atoms with Crippen LogP contribution >= 0.6 is 15.9 Å². The van der Waals surface area contributed by atoms with Crippen LogP contribution in [0.3, 0.4) is 0 Å². The molecule has 0 unspecified atom stereocenters. The Morgan fingerprint density at radius 1 is 1.35 bits per heavy atom. The molecule has 0 fully saturated rings. The third-order valence-electron chi connectivity index (χ3n) is 2.88. The third kappa shape index (κ3) is 2.40. The van der Waals surface area contributed by atoms with Crippen molar-refractivity contribution in [2.45, 2.75) is 33.4 Å². The summed E-state index contributed by atoms with van der Waals surface area (Å²) in [6.07, 6.45) is 0. The molecule has 0 aliphatic rings. The summed E-state index contributed by atoms with van der Waals surface area (Å²) in [6, 6.07) is 8.98. The molecule has 0 N–H and O–H groups in total. The van der Waals surface area contributed by atoms with Crippen molar-refractivity contribution >= 4 is 26.8 Å². The molecule has 0 saturated carbocycles. The van der Waals surface area contributed by atoms with Crippen molar-refractivity contribution in [3.8, 4) is 0 Å². The van der Waals surface area contributed by atoms with Crippen LogP contribution < -0.4 is 0 Å². The molecule has 0 spiro atoms. The van der Waals surface area contributed by atoms with Gasteiger partial charge < -0.3 is 9.30 Å². The van der Waals surface area contributed by atoms with E-state index in [1.807, 2.05) is 6.92 Å². The van der Waals surface area contributed by atoms with Gasteiger partial charge in [-0.25, -0.2) is 0 Å². The molecular formula is C14H18BrNO. The molecule has 17 heavy (non-hydrogen) atoms. The molecule has 0 aliphatic heterocycles. The molecule has 0 bridgehead atoms. The quantitative estimate of drug-likeness (QED) is 0.809. The lowest BCUT2D eigenvalue weighted by Gasteiger charge is -2.14. The minimum absolute atomic E-state index is 0.442. The molecule has 0 amide bonds. The molecule has 92 valence electrons. The van der Waals surface area contributed by atoms with Gasteiger partial charge in [0.05, 0.1) is 6.61 Å². The highest BCUT2D eigenvalue weighted by Crippen LogP contribution is 2.30. The van der Waals surface area contributed by atoms with Gasteiger partial charge in [0.1, 0.15) is 0 Å². The first-order chi connectivity index (χ1) is 8.15. The number of hydrogen-bond donors (Lipinski definition) is 0. The van der Waals surface area contributed by atoms with Crippen molar-refractivity contribution in [1.29, 1.82) is 0 Å². The Morgan fingerprint density at radius 2 is 2.12 bits per heavy atom. The van der Waals surface area contributed by atoms with Gasteiger partial charge in [-0.2, -0.15) is 0 Å². The Hall–Kier alpha value is -0.800. The number of ether oxygens (including phenoxy) is 1. The summed E-state index contributed by atoms with van der Waals surface area (Å²) in [5, 5.41) is 1.26. The van der Waals surface area contributed by atoms with Gasteiger partial charge >= 0.3 is 0 Å². The van der Waals surface area contributed by atoms with E-state index in [1.54, 1.807) is 0 Å². The van der Waals surface area contributed by atoms with Crippen LogP contribution in [-0.4, -0.2) is 11.2 Å². The molecule has 0 atom stereocenters. The number of nitrogens with zero attached hydrogens (tertiary/aromatic N) is 1. The van der Waals surface area contributed by atoms with E-state index < -0.39 is 0 Å². The predicted molar refractivity (Wildman–Crippen MR) is 75.4 cm³/mol. The van der Waals surface area contributed by atoms with Gasteiger partial charge in [-0.05, 0) is 39.0 Å². The van der Waals surface area contributed by atoms with Crippen molar-refractivity contribution in [3.05, 3.63) is 34.4 Å². The Labute approximate surface area is 111 Å². The number of aromatic nitrogens is 1. The highest BCUT2D eigenvalue weighted by atomic mass is 79.9. The topological polar surface area (TPSA) is 14.2 Å². The number of rotatable bonds is 4. The Balaban J connectivity index is 2.58. The molecule has 0 aliphatic carbocycles. The van der Waals surface area contributed by atoms with Gasteiger partial charge in [-0.15, -0.1) is 0 Å². The summed E-state index contributed by atoms with van der Waals surface area (Å²) in [5.74, 6) is 0. The van der Waals surface area contributed by atoms with Gasteiger partial charge in [-0.1, -0.05) is 22.0 Å². The van der Waals surface area contributed by atoms with E-state index >= 15 is 0 Å². The number of halogens is 1. The summed E-state index contributed by atoms with van der Waals surface area (Å²) >= 11 is 3.61. The van der Waals surface area contributed by atoms with Crippen molar-refractivity contribution < 1.29 is 4.74 Å². The molecule has 0 radical (unpaired) electrons. The Kier molecular flexibility index (Phi) is 3.89. The fraction of sp³-hybridized carbons (Fsp3) is 0.429. The second-order valence-electron chi connectivity index (χ2n) is 4.41. The van der Waals surface area contributed by atoms with Gasteiger partial charge in [-0.3, -0.25) is 0 Å². The van der Waals surface area contributed by atoms with Crippen molar-refractivity contribution in [2.75, 3.05) is 6.61 Å². The van der Waals surface area contributed by atoms with Crippen LogP contribution in [0.5, 0.6) is 0 Å². The SMILES string of the molecule is CCOCc1cc2c(Br)cccc2n1C(C)C. The maximum atomic E-state index is 5.54. The van der Waals surface area contributed by atoms with Crippen LogP contribution in [0.25, 0.3) is 10.9 Å². The van der Waals surface area contributed by atoms with Gasteiger partial charge in [0.15, 0.2) is 0 Å². The van der Waals surface area contributed by atoms with Crippen LogP contribution in [0.1, 0.15) is 32.5 Å². The third-order valence-corrected chi connectivity index (χ3v) is 3.57. The average molecular weight is 296 g/mol. The first-order valence-corrected chi connectivity index (χ1v) is 6.80. The van der Waals surface area contributed by atoms with E-state index in [4.69, 9.17) is 4.74 Å². The van der Waals surface area contributed by atoms with E-state index in [9.17, 15) is 0 Å². The first-order valence-electron chi connectivity index (χ1n) is 6.01. The monoisotopic (exact) mass is 295 g/mol. The molecule has 1 aromatic carbocycles. The van der Waals surface area contributed by atoms with Crippen LogP contribution in [0, 0.1) is 0 Å². The maximum absolute atomic E-state index is 5.54. The van der Waals surface area contributed by atoms with E-state index in [0.717, 1.165) is 11.1 Å². The highest BCUT2D eigenvalue weighted by Gasteiger charge is 2.12. The lowest BCUT2D eigenvalue weighted by Crippen LogP contribution is -2.06. The second kappa shape index (κ2) is 5.23. The van der Waals surface area contributed by atoms with E-state index in [1.165, 1.54) is 16.6 Å². The predicted octanol–water partition coefficient (Wildman–Crippen LogP) is 4.52. The highest BCUT2D eigenvalue weighted by molar-refractivity contribution is 9.10. The molecule has 1 aromatic heterocycles. The molecule has 2 aromatic rings. The molecule has 2 rings (SSSR count). The minimum Gasteiger partial charge on any atom is -0.376 e. The largest absolute Gasteiger partial charge is 0.376 e. The zero-order chi connectivity index (χ0) is 12.4. The Morgan fingerprint density at radius 3 is 2.76 bits per heavy atom. The number of hydrogen-bond acceptors (Lipinski definition) is 1. The molecular weight excluding hydrogens is 278 g/mol. The lowest BCUT2D eigenvalue weighted by molar-refractivity contribution is 0.128. The molecule has 0 saturated heterocycles. The number of fused-ring (bicyclic) bond motifs is 1. The standard InChI is InChI=1S/C14H18BrNO/c1-4-17-9-11-8-12-13(15)6-5-7-14(12)16(11)10(2)3/h5-8,10H,4,9H2,1-3H3. The smallest absolute Gasteiger partial charge is 0.0868 e. The summed E-state index contributed by atoms with van der Waals surface area (Å²) in [5.41, 5.74) is 2.51. The summed E-state index contributed by atoms with van der Waals surface area (Å²) < 4.78 is 9.03. The van der Waals surface area contributed by atoms with Crippen LogP contribution in [0.4, 0.5) is 0 Å². The Bertz CT molecular complexity index is 516. The molecule has 1 heterocycles. The number of benzene rings is 1. The van der Waals surface area contributed by atoms with Crippen LogP contribution in [-0.2, 0) is 11.3 Å². The minimum atomic E-state index is 0.442. The average Bonchev–Trinajstić information content (AvgIpc) is 2.66. The zero-order valence-electron chi connectivity index (χ0n) is 10.5. The van der Waals surface area contributed by atoms with Crippen molar-refractivity contribution in [1.82, 2.24) is 4.57 Å².